The van der Waals surface area contributed by atoms with Crippen molar-refractivity contribution in [3.05, 3.63) is 88.6 Å². The summed E-state index contributed by atoms with van der Waals surface area (Å²) in [4.78, 5) is 5.54. The van der Waals surface area contributed by atoms with Crippen LogP contribution in [-0.2, 0) is 29.4 Å². The lowest BCUT2D eigenvalue weighted by molar-refractivity contribution is 0.591. The van der Waals surface area contributed by atoms with Crippen molar-refractivity contribution in [1.29, 1.82) is 5.26 Å². The van der Waals surface area contributed by atoms with Crippen molar-refractivity contribution in [2.24, 2.45) is 0 Å². The van der Waals surface area contributed by atoms with Gasteiger partial charge in [-0.1, -0.05) is 42.5 Å². The first-order valence-corrected chi connectivity index (χ1v) is 12.8. The zero-order valence-corrected chi connectivity index (χ0v) is 19.0. The predicted molar refractivity (Wildman–Crippen MR) is 127 cm³/mol. The first-order chi connectivity index (χ1) is 15.6. The molecule has 0 fully saturated rings. The smallest absolute Gasteiger partial charge is 0.264 e. The van der Waals surface area contributed by atoms with Gasteiger partial charge < -0.3 is 0 Å². The molecule has 160 valence electrons. The molecule has 1 aliphatic carbocycles. The van der Waals surface area contributed by atoms with Crippen LogP contribution < -0.4 is 4.31 Å². The minimum Gasteiger partial charge on any atom is -0.264 e. The molecule has 0 unspecified atom stereocenters. The Morgan fingerprint density at radius 1 is 1.03 bits per heavy atom. The summed E-state index contributed by atoms with van der Waals surface area (Å²) in [7, 11) is -3.95. The van der Waals surface area contributed by atoms with E-state index in [1.165, 1.54) is 15.6 Å². The second kappa shape index (κ2) is 8.38. The molecule has 32 heavy (non-hydrogen) atoms. The van der Waals surface area contributed by atoms with Gasteiger partial charge in [-0.15, -0.1) is 11.3 Å². The van der Waals surface area contributed by atoms with Gasteiger partial charge in [0.2, 0.25) is 0 Å². The van der Waals surface area contributed by atoms with Crippen LogP contribution in [0.2, 0.25) is 0 Å². The van der Waals surface area contributed by atoms with Gasteiger partial charge in [0.15, 0.2) is 0 Å². The zero-order chi connectivity index (χ0) is 22.1. The number of sulfonamides is 1. The standard InChI is InChI=1S/C25H21N3O2S2/c26-15-22-21-11-3-4-12-23(21)31-25(22)28(17-18-7-6-14-27-16-18)32(29,30)24-13-5-9-19-8-1-2-10-20(19)24/h1-2,5-10,13-14,16H,3-4,11-12,17H2. The van der Waals surface area contributed by atoms with Crippen molar-refractivity contribution in [3.63, 3.8) is 0 Å². The molecule has 1 aliphatic rings. The Balaban J connectivity index is 1.72. The fourth-order valence-electron chi connectivity index (χ4n) is 4.31. The Labute approximate surface area is 191 Å². The maximum absolute atomic E-state index is 14.1. The molecule has 0 atom stereocenters. The highest BCUT2D eigenvalue weighted by atomic mass is 32.2. The van der Waals surface area contributed by atoms with Gasteiger partial charge in [-0.25, -0.2) is 8.42 Å². The van der Waals surface area contributed by atoms with Gasteiger partial charge in [0.25, 0.3) is 10.0 Å². The van der Waals surface area contributed by atoms with Crippen LogP contribution in [0.1, 0.15) is 34.4 Å². The van der Waals surface area contributed by atoms with Crippen molar-refractivity contribution < 1.29 is 8.42 Å². The second-order valence-corrected chi connectivity index (χ2v) is 10.8. The molecule has 5 rings (SSSR count). The van der Waals surface area contributed by atoms with Crippen molar-refractivity contribution in [1.82, 2.24) is 4.98 Å². The van der Waals surface area contributed by atoms with Gasteiger partial charge >= 0.3 is 0 Å². The van der Waals surface area contributed by atoms with Gasteiger partial charge in [-0.05, 0) is 54.3 Å². The average Bonchev–Trinajstić information content (AvgIpc) is 3.20. The largest absolute Gasteiger partial charge is 0.265 e. The lowest BCUT2D eigenvalue weighted by atomic mass is 9.96. The molecule has 4 aromatic rings. The zero-order valence-electron chi connectivity index (χ0n) is 17.4. The number of nitriles is 1. The fourth-order valence-corrected chi connectivity index (χ4v) is 7.54. The summed E-state index contributed by atoms with van der Waals surface area (Å²) >= 11 is 1.44. The van der Waals surface area contributed by atoms with E-state index < -0.39 is 10.0 Å². The number of benzene rings is 2. The number of rotatable bonds is 5. The van der Waals surface area contributed by atoms with E-state index in [1.54, 1.807) is 30.6 Å². The molecule has 2 aromatic heterocycles. The molecule has 5 nitrogen and oxygen atoms in total. The van der Waals surface area contributed by atoms with Gasteiger partial charge in [0, 0.05) is 22.7 Å². The molecule has 0 bridgehead atoms. The van der Waals surface area contributed by atoms with Crippen molar-refractivity contribution in [3.8, 4) is 6.07 Å². The van der Waals surface area contributed by atoms with Gasteiger partial charge in [0.1, 0.15) is 11.1 Å². The molecular weight excluding hydrogens is 438 g/mol. The fraction of sp³-hybridized carbons (Fsp3) is 0.200. The number of aryl methyl sites for hydroxylation is 1. The molecule has 0 radical (unpaired) electrons. The molecule has 0 N–H and O–H groups in total. The van der Waals surface area contributed by atoms with Crippen LogP contribution in [0.4, 0.5) is 5.00 Å². The van der Waals surface area contributed by atoms with Crippen LogP contribution in [-0.4, -0.2) is 13.4 Å². The van der Waals surface area contributed by atoms with E-state index in [-0.39, 0.29) is 11.4 Å². The Morgan fingerprint density at radius 3 is 2.66 bits per heavy atom. The molecular formula is C25H21N3O2S2. The van der Waals surface area contributed by atoms with E-state index in [2.05, 4.69) is 11.1 Å². The highest BCUT2D eigenvalue weighted by Gasteiger charge is 2.33. The molecule has 0 amide bonds. The Hall–Kier alpha value is -3.21. The second-order valence-electron chi connectivity index (χ2n) is 7.85. The summed E-state index contributed by atoms with van der Waals surface area (Å²) < 4.78 is 29.7. The summed E-state index contributed by atoms with van der Waals surface area (Å²) in [6.07, 6.45) is 7.14. The number of nitrogens with zero attached hydrogens (tertiary/aromatic N) is 3. The van der Waals surface area contributed by atoms with Crippen LogP contribution >= 0.6 is 11.3 Å². The number of hydrogen-bond acceptors (Lipinski definition) is 5. The lowest BCUT2D eigenvalue weighted by Gasteiger charge is -2.24. The number of aromatic nitrogens is 1. The van der Waals surface area contributed by atoms with E-state index in [0.29, 0.717) is 16.0 Å². The minimum absolute atomic E-state index is 0.119. The van der Waals surface area contributed by atoms with Crippen LogP contribution in [0.15, 0.2) is 71.9 Å². The third-order valence-corrected chi connectivity index (χ3v) is 9.09. The highest BCUT2D eigenvalue weighted by Crippen LogP contribution is 2.42. The Kier molecular flexibility index (Phi) is 5.41. The molecule has 2 aromatic carbocycles. The van der Waals surface area contributed by atoms with Crippen molar-refractivity contribution >= 4 is 37.1 Å². The Bertz CT molecular complexity index is 1430. The number of thiophene rings is 1. The van der Waals surface area contributed by atoms with Crippen LogP contribution in [0, 0.1) is 11.3 Å². The van der Waals surface area contributed by atoms with E-state index in [9.17, 15) is 13.7 Å². The van der Waals surface area contributed by atoms with Gasteiger partial charge in [-0.3, -0.25) is 9.29 Å². The van der Waals surface area contributed by atoms with Crippen LogP contribution in [0.3, 0.4) is 0 Å². The predicted octanol–water partition coefficient (Wildman–Crippen LogP) is 5.44. The first-order valence-electron chi connectivity index (χ1n) is 10.5. The summed E-state index contributed by atoms with van der Waals surface area (Å²) in [6, 6.07) is 18.8. The quantitative estimate of drug-likeness (QED) is 0.398. The van der Waals surface area contributed by atoms with Gasteiger partial charge in [0.05, 0.1) is 17.0 Å². The number of pyridine rings is 1. The maximum atomic E-state index is 14.1. The van der Waals surface area contributed by atoms with E-state index >= 15 is 0 Å². The summed E-state index contributed by atoms with van der Waals surface area (Å²) in [5.41, 5.74) is 2.28. The van der Waals surface area contributed by atoms with E-state index in [1.807, 2.05) is 36.4 Å². The van der Waals surface area contributed by atoms with Crippen molar-refractivity contribution in [2.45, 2.75) is 37.1 Å². The third kappa shape index (κ3) is 3.56. The van der Waals surface area contributed by atoms with E-state index in [0.717, 1.165) is 47.1 Å². The maximum Gasteiger partial charge on any atom is 0.265 e. The average molecular weight is 460 g/mol. The summed E-state index contributed by atoms with van der Waals surface area (Å²) in [6.45, 7) is 0.119. The normalized spacial score (nSPS) is 13.5. The van der Waals surface area contributed by atoms with Crippen molar-refractivity contribution in [2.75, 3.05) is 4.31 Å². The van der Waals surface area contributed by atoms with Gasteiger partial charge in [-0.2, -0.15) is 5.26 Å². The summed E-state index contributed by atoms with van der Waals surface area (Å²) in [5.74, 6) is 0. The molecule has 0 saturated heterocycles. The number of fused-ring (bicyclic) bond motifs is 2. The molecule has 0 spiro atoms. The molecule has 2 heterocycles. The first kappa shape index (κ1) is 20.7. The highest BCUT2D eigenvalue weighted by molar-refractivity contribution is 7.93. The number of hydrogen-bond donors (Lipinski definition) is 0. The SMILES string of the molecule is N#Cc1c(N(Cc2cccnc2)S(=O)(=O)c2cccc3ccccc23)sc2c1CCCC2. The molecule has 0 saturated carbocycles. The van der Waals surface area contributed by atoms with Crippen LogP contribution in [0.5, 0.6) is 0 Å². The molecule has 0 aliphatic heterocycles. The van der Waals surface area contributed by atoms with Crippen LogP contribution in [0.25, 0.3) is 10.8 Å². The molecule has 7 heteroatoms. The lowest BCUT2D eigenvalue weighted by Crippen LogP contribution is -2.30. The monoisotopic (exact) mass is 459 g/mol. The third-order valence-electron chi connectivity index (χ3n) is 5.86. The minimum atomic E-state index is -3.95. The number of anilines is 1. The van der Waals surface area contributed by atoms with E-state index in [4.69, 9.17) is 0 Å². The Morgan fingerprint density at radius 2 is 1.84 bits per heavy atom. The topological polar surface area (TPSA) is 74.1 Å². The summed E-state index contributed by atoms with van der Waals surface area (Å²) in [5, 5.41) is 12.1.